The number of halogens is 1. The van der Waals surface area contributed by atoms with Gasteiger partial charge in [-0.05, 0) is 54.5 Å². The lowest BCUT2D eigenvalue weighted by molar-refractivity contribution is -0.141. The zero-order valence-corrected chi connectivity index (χ0v) is 22.0. The first-order valence-corrected chi connectivity index (χ1v) is 12.5. The normalized spacial score (nSPS) is 14.6. The van der Waals surface area contributed by atoms with Crippen molar-refractivity contribution in [2.24, 2.45) is 0 Å². The number of nitriles is 1. The molecule has 3 aromatic carbocycles. The zero-order valence-electron chi connectivity index (χ0n) is 21.3. The van der Waals surface area contributed by atoms with Crippen molar-refractivity contribution < 1.29 is 14.3 Å². The average Bonchev–Trinajstić information content (AvgIpc) is 3.39. The molecule has 39 heavy (non-hydrogen) atoms. The smallest absolute Gasteiger partial charge is 0.271 e. The molecule has 7 nitrogen and oxygen atoms in total. The van der Waals surface area contributed by atoms with Gasteiger partial charge in [-0.15, -0.1) is 0 Å². The van der Waals surface area contributed by atoms with E-state index in [1.54, 1.807) is 49.1 Å². The van der Waals surface area contributed by atoms with Gasteiger partial charge in [0.15, 0.2) is 0 Å². The van der Waals surface area contributed by atoms with Crippen molar-refractivity contribution in [2.45, 2.75) is 13.5 Å². The van der Waals surface area contributed by atoms with Crippen LogP contribution in [0.1, 0.15) is 18.1 Å². The summed E-state index contributed by atoms with van der Waals surface area (Å²) in [6.45, 7) is 1.55. The van der Waals surface area contributed by atoms with Gasteiger partial charge in [-0.2, -0.15) is 10.4 Å². The molecule has 0 spiro atoms. The van der Waals surface area contributed by atoms with Gasteiger partial charge in [0, 0.05) is 27.9 Å². The van der Waals surface area contributed by atoms with E-state index in [2.05, 4.69) is 0 Å². The van der Waals surface area contributed by atoms with Gasteiger partial charge >= 0.3 is 0 Å². The number of aromatic nitrogens is 2. The standard InChI is InChI=1S/C31H23ClN4O3/c1-20-26(30(37)35(31(38)27(20)17-33)18-22-9-6-7-14-28(22)32)16-23-19-36(24-11-4-3-5-12-24)34-29(23)21-10-8-13-25(15-21)39-2/h3-16,19H,18H2,1-2H3/b26-16+. The lowest BCUT2D eigenvalue weighted by atomic mass is 9.93. The van der Waals surface area contributed by atoms with Gasteiger partial charge in [-0.1, -0.05) is 60.1 Å². The molecule has 0 N–H and O–H groups in total. The van der Waals surface area contributed by atoms with Gasteiger partial charge in [0.25, 0.3) is 11.8 Å². The Bertz CT molecular complexity index is 1700. The molecule has 2 heterocycles. The summed E-state index contributed by atoms with van der Waals surface area (Å²) in [4.78, 5) is 28.0. The molecule has 0 saturated heterocycles. The third kappa shape index (κ3) is 4.98. The fourth-order valence-electron chi connectivity index (χ4n) is 4.43. The highest BCUT2D eigenvalue weighted by atomic mass is 35.5. The first-order chi connectivity index (χ1) is 18.9. The predicted molar refractivity (Wildman–Crippen MR) is 149 cm³/mol. The number of nitrogens with zero attached hydrogens (tertiary/aromatic N) is 4. The molecule has 1 aliphatic rings. The number of methoxy groups -OCH3 is 1. The molecule has 192 valence electrons. The van der Waals surface area contributed by atoms with Crippen molar-refractivity contribution in [2.75, 3.05) is 7.11 Å². The molecule has 0 unspecified atom stereocenters. The minimum atomic E-state index is -0.648. The molecule has 0 atom stereocenters. The number of ether oxygens (including phenoxy) is 1. The third-order valence-corrected chi connectivity index (χ3v) is 6.89. The molecule has 0 fully saturated rings. The Morgan fingerprint density at radius 3 is 2.46 bits per heavy atom. The quantitative estimate of drug-likeness (QED) is 0.224. The first kappa shape index (κ1) is 25.7. The van der Waals surface area contributed by atoms with E-state index in [-0.39, 0.29) is 17.7 Å². The summed E-state index contributed by atoms with van der Waals surface area (Å²) in [5, 5.41) is 15.1. The van der Waals surface area contributed by atoms with Crippen LogP contribution >= 0.6 is 11.6 Å². The van der Waals surface area contributed by atoms with E-state index in [9.17, 15) is 14.9 Å². The minimum absolute atomic E-state index is 0.0564. The second kappa shape index (κ2) is 10.8. The first-order valence-electron chi connectivity index (χ1n) is 12.1. The van der Waals surface area contributed by atoms with Crippen LogP contribution in [-0.2, 0) is 16.1 Å². The van der Waals surface area contributed by atoms with Crippen LogP contribution < -0.4 is 4.74 Å². The van der Waals surface area contributed by atoms with E-state index < -0.39 is 11.8 Å². The Kier molecular flexibility index (Phi) is 7.13. The fraction of sp³-hybridized carbons (Fsp3) is 0.0968. The summed E-state index contributed by atoms with van der Waals surface area (Å²) < 4.78 is 7.14. The van der Waals surface area contributed by atoms with Crippen molar-refractivity contribution in [1.82, 2.24) is 14.7 Å². The van der Waals surface area contributed by atoms with Gasteiger partial charge in [-0.3, -0.25) is 14.5 Å². The van der Waals surface area contributed by atoms with Crippen LogP contribution in [0.25, 0.3) is 23.0 Å². The van der Waals surface area contributed by atoms with Crippen molar-refractivity contribution in [1.29, 1.82) is 5.26 Å². The van der Waals surface area contributed by atoms with Gasteiger partial charge in [0.2, 0.25) is 0 Å². The fourth-order valence-corrected chi connectivity index (χ4v) is 4.62. The minimum Gasteiger partial charge on any atom is -0.497 e. The lowest BCUT2D eigenvalue weighted by Crippen LogP contribution is -2.42. The topological polar surface area (TPSA) is 88.2 Å². The zero-order chi connectivity index (χ0) is 27.5. The van der Waals surface area contributed by atoms with E-state index >= 15 is 0 Å². The summed E-state index contributed by atoms with van der Waals surface area (Å²) >= 11 is 6.32. The molecule has 1 aromatic heterocycles. The average molecular weight is 535 g/mol. The molecule has 0 saturated carbocycles. The summed E-state index contributed by atoms with van der Waals surface area (Å²) in [6, 6.07) is 26.0. The number of carbonyl (C=O) groups excluding carboxylic acids is 2. The van der Waals surface area contributed by atoms with Crippen LogP contribution in [0, 0.1) is 11.3 Å². The monoisotopic (exact) mass is 534 g/mol. The Labute approximate surface area is 230 Å². The van der Waals surface area contributed by atoms with E-state index in [4.69, 9.17) is 21.4 Å². The van der Waals surface area contributed by atoms with E-state index in [1.807, 2.05) is 66.9 Å². The molecule has 0 aliphatic carbocycles. The van der Waals surface area contributed by atoms with Crippen LogP contribution in [0.15, 0.2) is 102 Å². The second-order valence-corrected chi connectivity index (χ2v) is 9.31. The summed E-state index contributed by atoms with van der Waals surface area (Å²) in [6.07, 6.45) is 3.50. The summed E-state index contributed by atoms with van der Waals surface area (Å²) in [5.74, 6) is -0.501. The maximum Gasteiger partial charge on any atom is 0.271 e. The van der Waals surface area contributed by atoms with Gasteiger partial charge in [-0.25, -0.2) is 4.68 Å². The van der Waals surface area contributed by atoms with Crippen LogP contribution in [0.3, 0.4) is 0 Å². The molecular formula is C31H23ClN4O3. The van der Waals surface area contributed by atoms with Crippen LogP contribution in [0.2, 0.25) is 5.02 Å². The number of rotatable bonds is 6. The number of imide groups is 1. The lowest BCUT2D eigenvalue weighted by Gasteiger charge is -2.27. The second-order valence-electron chi connectivity index (χ2n) is 8.90. The van der Waals surface area contributed by atoms with Crippen LogP contribution in [-0.4, -0.2) is 33.6 Å². The SMILES string of the molecule is COc1cccc(-c2nn(-c3ccccc3)cc2/C=C2/C(=O)N(Cc3ccccc3Cl)C(=O)C(C#N)=C2C)c1. The molecular weight excluding hydrogens is 512 g/mol. The maximum absolute atomic E-state index is 13.8. The molecule has 2 amide bonds. The van der Waals surface area contributed by atoms with Gasteiger partial charge in [0.05, 0.1) is 19.3 Å². The molecule has 8 heteroatoms. The summed E-state index contributed by atoms with van der Waals surface area (Å²) in [7, 11) is 1.59. The number of amides is 2. The van der Waals surface area contributed by atoms with Crippen molar-refractivity contribution in [3.63, 3.8) is 0 Å². The number of carbonyl (C=O) groups is 2. The molecule has 5 rings (SSSR count). The largest absolute Gasteiger partial charge is 0.497 e. The van der Waals surface area contributed by atoms with E-state index in [1.165, 1.54) is 0 Å². The number of hydrogen-bond acceptors (Lipinski definition) is 5. The highest BCUT2D eigenvalue weighted by Gasteiger charge is 2.36. The third-order valence-electron chi connectivity index (χ3n) is 6.52. The van der Waals surface area contributed by atoms with Crippen molar-refractivity contribution in [3.05, 3.63) is 118 Å². The molecule has 1 aliphatic heterocycles. The predicted octanol–water partition coefficient (Wildman–Crippen LogP) is 5.99. The highest BCUT2D eigenvalue weighted by Crippen LogP contribution is 2.33. The molecule has 0 radical (unpaired) electrons. The Hall–Kier alpha value is -4.93. The Morgan fingerprint density at radius 2 is 1.74 bits per heavy atom. The van der Waals surface area contributed by atoms with Crippen molar-refractivity contribution >= 4 is 29.5 Å². The molecule has 0 bridgehead atoms. The van der Waals surface area contributed by atoms with Crippen molar-refractivity contribution in [3.8, 4) is 28.8 Å². The van der Waals surface area contributed by atoms with Crippen LogP contribution in [0.5, 0.6) is 5.75 Å². The highest BCUT2D eigenvalue weighted by molar-refractivity contribution is 6.31. The Morgan fingerprint density at radius 1 is 1.00 bits per heavy atom. The molecule has 4 aromatic rings. The maximum atomic E-state index is 13.8. The Balaban J connectivity index is 1.66. The summed E-state index contributed by atoms with van der Waals surface area (Å²) in [5.41, 5.74) is 3.92. The number of para-hydroxylation sites is 1. The van der Waals surface area contributed by atoms with Gasteiger partial charge in [0.1, 0.15) is 23.1 Å². The van der Waals surface area contributed by atoms with E-state index in [0.29, 0.717) is 33.2 Å². The number of hydrogen-bond donors (Lipinski definition) is 0. The number of benzene rings is 3. The van der Waals surface area contributed by atoms with Crippen LogP contribution in [0.4, 0.5) is 0 Å². The van der Waals surface area contributed by atoms with E-state index in [0.717, 1.165) is 16.2 Å². The van der Waals surface area contributed by atoms with Gasteiger partial charge < -0.3 is 4.74 Å².